The fourth-order valence-corrected chi connectivity index (χ4v) is 20.2. The molecule has 0 aliphatic heterocycles. The number of hydrogen-bond acceptors (Lipinski definition) is 12. The van der Waals surface area contributed by atoms with Gasteiger partial charge in [-0.1, -0.05) is 335 Å². The quantitative estimate of drug-likeness (QED) is 0.115. The number of nitrogens with zero attached hydrogens (tertiary/aromatic N) is 10. The van der Waals surface area contributed by atoms with Crippen molar-refractivity contribution in [3.63, 3.8) is 0 Å². The molecule has 0 fully saturated rings. The van der Waals surface area contributed by atoms with Crippen LogP contribution in [0.2, 0.25) is 0 Å². The summed E-state index contributed by atoms with van der Waals surface area (Å²) in [4.78, 5) is 31.8. The minimum absolute atomic E-state index is 0.0566. The Labute approximate surface area is 727 Å². The Morgan fingerprint density at radius 3 is 1.15 bits per heavy atom. The summed E-state index contributed by atoms with van der Waals surface area (Å²) in [6, 6.07) is 137. The first-order valence-electron chi connectivity index (χ1n) is 42.0. The second kappa shape index (κ2) is 29.8. The predicted molar refractivity (Wildman–Crippen MR) is 519 cm³/mol. The number of benzene rings is 18. The zero-order valence-electron chi connectivity index (χ0n) is 67.7. The van der Waals surface area contributed by atoms with E-state index < -0.39 is 0 Å². The summed E-state index contributed by atoms with van der Waals surface area (Å²) in [5.41, 5.74) is 30.5. The zero-order chi connectivity index (χ0) is 82.8. The Balaban J connectivity index is 0.000000140. The molecule has 24 aromatic rings. The SMILES string of the molecule is CC1(C)c2ccccc2-c2ccc(-c3ccc(-c4cc(-c5cccc(-c6cc7c(-c8ccccc8)nc8ccccc8c7c7nsnc67)c5)nc(-c5ccccc5)n4)cc3)cc21.c1ccc(-c2nc3ccccc3c3c2cc(-c2cccc(-c4cc(-c5cc6ccccc6c6ccccc56)nc(-c5cc6ccccc6c6ccccc56)n4)c2)c2nsnc23)cc1. The molecule has 18 aromatic carbocycles. The van der Waals surface area contributed by atoms with Crippen molar-refractivity contribution >= 4 is 132 Å². The van der Waals surface area contributed by atoms with Gasteiger partial charge in [0.2, 0.25) is 0 Å². The molecule has 0 bridgehead atoms. The van der Waals surface area contributed by atoms with Crippen LogP contribution >= 0.6 is 23.5 Å². The largest absolute Gasteiger partial charge is 0.247 e. The molecule has 0 saturated carbocycles. The minimum atomic E-state index is -0.0566. The number of para-hydroxylation sites is 2. The van der Waals surface area contributed by atoms with E-state index in [1.165, 1.54) is 83.8 Å². The molecule has 6 aromatic heterocycles. The highest BCUT2D eigenvalue weighted by Gasteiger charge is 2.36. The first-order valence-corrected chi connectivity index (χ1v) is 43.5. The van der Waals surface area contributed by atoms with E-state index in [4.69, 9.17) is 47.4 Å². The third kappa shape index (κ3) is 12.5. The summed E-state index contributed by atoms with van der Waals surface area (Å²) in [7, 11) is 0. The first-order chi connectivity index (χ1) is 61.7. The number of aromatic nitrogens is 10. The highest BCUT2D eigenvalue weighted by molar-refractivity contribution is 7.00. The molecule has 584 valence electrons. The summed E-state index contributed by atoms with van der Waals surface area (Å²) in [6.45, 7) is 4.66. The monoisotopic (exact) mass is 1630 g/mol. The molecular formula is C113H70N10S2. The van der Waals surface area contributed by atoms with Gasteiger partial charge in [0.25, 0.3) is 0 Å². The van der Waals surface area contributed by atoms with Gasteiger partial charge < -0.3 is 0 Å². The Hall–Kier alpha value is -15.9. The van der Waals surface area contributed by atoms with Crippen molar-refractivity contribution in [2.45, 2.75) is 19.3 Å². The van der Waals surface area contributed by atoms with Crippen LogP contribution in [0.1, 0.15) is 25.0 Å². The lowest BCUT2D eigenvalue weighted by Crippen LogP contribution is -2.14. The molecule has 0 radical (unpaired) electrons. The molecule has 125 heavy (non-hydrogen) atoms. The van der Waals surface area contributed by atoms with E-state index in [1.54, 1.807) is 0 Å². The third-order valence-electron chi connectivity index (χ3n) is 25.1. The molecular weight excluding hydrogens is 1560 g/mol. The van der Waals surface area contributed by atoms with Crippen LogP contribution in [0.15, 0.2) is 388 Å². The Morgan fingerprint density at radius 1 is 0.200 bits per heavy atom. The van der Waals surface area contributed by atoms with E-state index in [0.29, 0.717) is 11.6 Å². The summed E-state index contributed by atoms with van der Waals surface area (Å²) >= 11 is 2.50. The van der Waals surface area contributed by atoms with Crippen LogP contribution in [-0.4, -0.2) is 47.4 Å². The fourth-order valence-electron chi connectivity index (χ4n) is 19.0. The van der Waals surface area contributed by atoms with Crippen molar-refractivity contribution < 1.29 is 0 Å². The van der Waals surface area contributed by atoms with E-state index in [2.05, 4.69) is 360 Å². The lowest BCUT2D eigenvalue weighted by molar-refractivity contribution is 0.660. The van der Waals surface area contributed by atoms with Crippen molar-refractivity contribution in [3.05, 3.63) is 399 Å². The highest BCUT2D eigenvalue weighted by atomic mass is 32.1. The van der Waals surface area contributed by atoms with Crippen LogP contribution in [0.4, 0.5) is 0 Å². The standard InChI is InChI=1S/C57H33N5S.C56H37N5S/c1-2-15-34(16-3-1)54-49-32-46(55-56(62-63-61-55)53(49)45-27-12-13-28-50(45)58-54)35-19-14-20-38(29-35)51-33-52(47-30-36-17-4-6-21-39(36)41-23-8-10-25-43(41)47)60-57(59-51)48-31-37-18-5-7-22-40(37)42-24-9-11-26-44(42)48;1-56(2)46-22-11-9-20-41(46)42-29-28-38(31-47(42)56)34-24-26-35(27-25-34)49-33-50(59-55(58-49)37-16-7-4-8-17-37)40-19-13-18-39(30-40)44-32-45-51(54-53(44)60-62-61-54)43-21-10-12-23-48(43)57-52(45)36-14-5-3-6-15-36/h1-33H;3-33H,1-2H3. The van der Waals surface area contributed by atoms with Crippen molar-refractivity contribution in [1.82, 2.24) is 47.4 Å². The summed E-state index contributed by atoms with van der Waals surface area (Å²) in [6.07, 6.45) is 0. The van der Waals surface area contributed by atoms with E-state index in [-0.39, 0.29) is 5.41 Å². The molecule has 0 spiro atoms. The van der Waals surface area contributed by atoms with Crippen molar-refractivity contribution in [1.29, 1.82) is 0 Å². The molecule has 0 saturated heterocycles. The Kier molecular flexibility index (Phi) is 17.4. The van der Waals surface area contributed by atoms with Gasteiger partial charge in [-0.3, -0.25) is 0 Å². The molecule has 6 heterocycles. The minimum Gasteiger partial charge on any atom is -0.247 e. The molecule has 12 heteroatoms. The molecule has 1 aliphatic rings. The number of fused-ring (bicyclic) bond motifs is 19. The van der Waals surface area contributed by atoms with Gasteiger partial charge in [-0.25, -0.2) is 29.9 Å². The second-order valence-electron chi connectivity index (χ2n) is 32.6. The van der Waals surface area contributed by atoms with Crippen LogP contribution in [0.25, 0.3) is 243 Å². The third-order valence-corrected chi connectivity index (χ3v) is 26.1. The van der Waals surface area contributed by atoms with Gasteiger partial charge in [0.05, 0.1) is 68.7 Å². The van der Waals surface area contributed by atoms with Gasteiger partial charge in [0.1, 0.15) is 22.1 Å². The Bertz CT molecular complexity index is 8390. The molecule has 1 aliphatic carbocycles. The average molecular weight is 1630 g/mol. The summed E-state index contributed by atoms with van der Waals surface area (Å²) in [5.74, 6) is 1.35. The van der Waals surface area contributed by atoms with Crippen LogP contribution < -0.4 is 0 Å². The maximum absolute atomic E-state index is 5.49. The van der Waals surface area contributed by atoms with Crippen molar-refractivity contribution in [3.8, 4) is 135 Å². The van der Waals surface area contributed by atoms with Crippen LogP contribution in [0.3, 0.4) is 0 Å². The van der Waals surface area contributed by atoms with Gasteiger partial charge in [-0.2, -0.15) is 17.5 Å². The molecule has 25 rings (SSSR count). The molecule has 0 N–H and O–H groups in total. The maximum atomic E-state index is 5.49. The normalized spacial score (nSPS) is 12.3. The van der Waals surface area contributed by atoms with Crippen molar-refractivity contribution in [2.24, 2.45) is 0 Å². The molecule has 0 amide bonds. The maximum Gasteiger partial charge on any atom is 0.161 e. The Morgan fingerprint density at radius 2 is 0.592 bits per heavy atom. The smallest absolute Gasteiger partial charge is 0.161 e. The fraction of sp³-hybridized carbons (Fsp3) is 0.0265. The van der Waals surface area contributed by atoms with Gasteiger partial charge in [0.15, 0.2) is 11.6 Å². The lowest BCUT2D eigenvalue weighted by Gasteiger charge is -2.22. The number of hydrogen-bond donors (Lipinski definition) is 0. The lowest BCUT2D eigenvalue weighted by atomic mass is 9.81. The second-order valence-corrected chi connectivity index (χ2v) is 33.7. The van der Waals surface area contributed by atoms with Crippen LogP contribution in [-0.2, 0) is 5.41 Å². The van der Waals surface area contributed by atoms with E-state index in [0.717, 1.165) is 183 Å². The molecule has 0 atom stereocenters. The topological polar surface area (TPSA) is 129 Å². The van der Waals surface area contributed by atoms with Gasteiger partial charge in [-0.15, -0.1) is 0 Å². The number of pyridine rings is 2. The van der Waals surface area contributed by atoms with Gasteiger partial charge in [-0.05, 0) is 154 Å². The van der Waals surface area contributed by atoms with Crippen LogP contribution in [0, 0.1) is 0 Å². The van der Waals surface area contributed by atoms with Gasteiger partial charge >= 0.3 is 0 Å². The number of rotatable bonds is 11. The molecule has 10 nitrogen and oxygen atoms in total. The highest BCUT2D eigenvalue weighted by Crippen LogP contribution is 2.51. The molecule has 0 unspecified atom stereocenters. The average Bonchev–Trinajstić information content (AvgIpc) is 1.73. The zero-order valence-corrected chi connectivity index (χ0v) is 69.4. The first kappa shape index (κ1) is 73.1. The predicted octanol–water partition coefficient (Wildman–Crippen LogP) is 29.6. The van der Waals surface area contributed by atoms with E-state index >= 15 is 0 Å². The summed E-state index contributed by atoms with van der Waals surface area (Å²) < 4.78 is 19.8. The summed E-state index contributed by atoms with van der Waals surface area (Å²) in [5, 5.41) is 15.7. The van der Waals surface area contributed by atoms with Crippen molar-refractivity contribution in [2.75, 3.05) is 0 Å². The van der Waals surface area contributed by atoms with Crippen LogP contribution in [0.5, 0.6) is 0 Å². The van der Waals surface area contributed by atoms with E-state index in [1.807, 2.05) is 42.5 Å². The van der Waals surface area contributed by atoms with E-state index in [9.17, 15) is 0 Å². The van der Waals surface area contributed by atoms with Gasteiger partial charge in [0, 0.05) is 93.4 Å².